The SMILES string of the molecule is Cc1ccc(NC(=O)C2Cc3ccccc3C2)cc1N. The second-order valence-electron chi connectivity index (χ2n) is 5.43. The minimum atomic E-state index is 0.0231. The Morgan fingerprint density at radius 1 is 1.15 bits per heavy atom. The first-order valence-electron chi connectivity index (χ1n) is 6.87. The van der Waals surface area contributed by atoms with Crippen molar-refractivity contribution in [2.75, 3.05) is 11.1 Å². The van der Waals surface area contributed by atoms with Crippen LogP contribution in [-0.4, -0.2) is 5.91 Å². The van der Waals surface area contributed by atoms with Crippen LogP contribution in [0.4, 0.5) is 11.4 Å². The van der Waals surface area contributed by atoms with E-state index >= 15 is 0 Å². The van der Waals surface area contributed by atoms with Gasteiger partial charge in [-0.3, -0.25) is 4.79 Å². The highest BCUT2D eigenvalue weighted by Gasteiger charge is 2.26. The molecule has 3 rings (SSSR count). The van der Waals surface area contributed by atoms with Crippen molar-refractivity contribution in [1.82, 2.24) is 0 Å². The molecule has 3 N–H and O–H groups in total. The summed E-state index contributed by atoms with van der Waals surface area (Å²) in [6, 6.07) is 13.9. The highest BCUT2D eigenvalue weighted by Crippen LogP contribution is 2.27. The number of rotatable bonds is 2. The smallest absolute Gasteiger partial charge is 0.228 e. The molecule has 0 saturated heterocycles. The predicted molar refractivity (Wildman–Crippen MR) is 81.6 cm³/mol. The number of amides is 1. The molecule has 102 valence electrons. The lowest BCUT2D eigenvalue weighted by Gasteiger charge is -2.11. The van der Waals surface area contributed by atoms with Crippen LogP contribution in [0.15, 0.2) is 42.5 Å². The molecule has 0 unspecified atom stereocenters. The number of benzene rings is 2. The van der Waals surface area contributed by atoms with Gasteiger partial charge in [-0.15, -0.1) is 0 Å². The van der Waals surface area contributed by atoms with E-state index in [2.05, 4.69) is 17.4 Å². The van der Waals surface area contributed by atoms with Crippen LogP contribution in [0.1, 0.15) is 16.7 Å². The Hall–Kier alpha value is -2.29. The van der Waals surface area contributed by atoms with Gasteiger partial charge < -0.3 is 11.1 Å². The monoisotopic (exact) mass is 266 g/mol. The topological polar surface area (TPSA) is 55.1 Å². The maximum absolute atomic E-state index is 12.3. The molecule has 0 bridgehead atoms. The first-order chi connectivity index (χ1) is 9.63. The molecule has 0 heterocycles. The van der Waals surface area contributed by atoms with Gasteiger partial charge in [-0.1, -0.05) is 30.3 Å². The van der Waals surface area contributed by atoms with E-state index < -0.39 is 0 Å². The van der Waals surface area contributed by atoms with Crippen LogP contribution in [0.3, 0.4) is 0 Å². The molecule has 0 radical (unpaired) electrons. The van der Waals surface area contributed by atoms with Crippen LogP contribution in [0.5, 0.6) is 0 Å². The lowest BCUT2D eigenvalue weighted by Crippen LogP contribution is -2.23. The fourth-order valence-electron chi connectivity index (χ4n) is 2.71. The molecule has 3 nitrogen and oxygen atoms in total. The third kappa shape index (κ3) is 2.39. The second kappa shape index (κ2) is 5.00. The second-order valence-corrected chi connectivity index (χ2v) is 5.43. The molecule has 0 aliphatic heterocycles. The van der Waals surface area contributed by atoms with Gasteiger partial charge in [0.15, 0.2) is 0 Å². The van der Waals surface area contributed by atoms with Crippen molar-refractivity contribution < 1.29 is 4.79 Å². The van der Waals surface area contributed by atoms with Gasteiger partial charge in [0.1, 0.15) is 0 Å². The van der Waals surface area contributed by atoms with Gasteiger partial charge >= 0.3 is 0 Å². The molecule has 0 aromatic heterocycles. The van der Waals surface area contributed by atoms with Crippen LogP contribution in [0.2, 0.25) is 0 Å². The summed E-state index contributed by atoms with van der Waals surface area (Å²) in [7, 11) is 0. The summed E-state index contributed by atoms with van der Waals surface area (Å²) in [6.07, 6.45) is 1.65. The maximum Gasteiger partial charge on any atom is 0.228 e. The van der Waals surface area contributed by atoms with Crippen molar-refractivity contribution in [2.45, 2.75) is 19.8 Å². The summed E-state index contributed by atoms with van der Waals surface area (Å²) in [6.45, 7) is 1.95. The number of hydrogen-bond donors (Lipinski definition) is 2. The maximum atomic E-state index is 12.3. The number of carbonyl (C=O) groups is 1. The van der Waals surface area contributed by atoms with Crippen molar-refractivity contribution in [1.29, 1.82) is 0 Å². The van der Waals surface area contributed by atoms with E-state index in [0.29, 0.717) is 5.69 Å². The van der Waals surface area contributed by atoms with E-state index in [1.807, 2.05) is 37.3 Å². The van der Waals surface area contributed by atoms with E-state index in [4.69, 9.17) is 5.73 Å². The number of fused-ring (bicyclic) bond motifs is 1. The Kier molecular flexibility index (Phi) is 3.18. The minimum absolute atomic E-state index is 0.0231. The minimum Gasteiger partial charge on any atom is -0.398 e. The lowest BCUT2D eigenvalue weighted by atomic mass is 10.1. The molecule has 2 aromatic carbocycles. The molecule has 0 saturated carbocycles. The Balaban J connectivity index is 1.71. The van der Waals surface area contributed by atoms with Gasteiger partial charge in [-0.25, -0.2) is 0 Å². The van der Waals surface area contributed by atoms with E-state index in [1.54, 1.807) is 0 Å². The zero-order valence-electron chi connectivity index (χ0n) is 11.5. The average molecular weight is 266 g/mol. The zero-order chi connectivity index (χ0) is 14.1. The standard InChI is InChI=1S/C17H18N2O/c1-11-6-7-15(10-16(11)18)19-17(20)14-8-12-4-2-3-5-13(12)9-14/h2-7,10,14H,8-9,18H2,1H3,(H,19,20). The molecule has 0 fully saturated rings. The Morgan fingerprint density at radius 3 is 2.40 bits per heavy atom. The number of aryl methyl sites for hydroxylation is 1. The number of nitrogen functional groups attached to an aromatic ring is 1. The summed E-state index contributed by atoms with van der Waals surface area (Å²) in [5.41, 5.74) is 10.9. The Bertz CT molecular complexity index is 639. The van der Waals surface area contributed by atoms with E-state index in [1.165, 1.54) is 11.1 Å². The molecule has 20 heavy (non-hydrogen) atoms. The molecule has 1 aliphatic rings. The van der Waals surface area contributed by atoms with Crippen molar-refractivity contribution in [2.24, 2.45) is 5.92 Å². The summed E-state index contributed by atoms with van der Waals surface area (Å²) in [4.78, 5) is 12.3. The molecule has 1 aliphatic carbocycles. The Morgan fingerprint density at radius 2 is 1.80 bits per heavy atom. The van der Waals surface area contributed by atoms with Crippen molar-refractivity contribution in [3.8, 4) is 0 Å². The van der Waals surface area contributed by atoms with Crippen molar-refractivity contribution in [3.63, 3.8) is 0 Å². The quantitative estimate of drug-likeness (QED) is 0.821. The number of carbonyl (C=O) groups excluding carboxylic acids is 1. The van der Waals surface area contributed by atoms with Gasteiger partial charge in [-0.2, -0.15) is 0 Å². The molecule has 0 atom stereocenters. The number of nitrogens with two attached hydrogens (primary N) is 1. The van der Waals surface area contributed by atoms with Gasteiger partial charge in [0.25, 0.3) is 0 Å². The Labute approximate surface area is 118 Å². The van der Waals surface area contributed by atoms with Crippen LogP contribution >= 0.6 is 0 Å². The normalized spacial score (nSPS) is 14.1. The number of hydrogen-bond acceptors (Lipinski definition) is 2. The molecule has 2 aromatic rings. The van der Waals surface area contributed by atoms with Gasteiger partial charge in [0.05, 0.1) is 0 Å². The summed E-state index contributed by atoms with van der Waals surface area (Å²) in [5, 5.41) is 2.97. The molecular formula is C17H18N2O. The average Bonchev–Trinajstić information content (AvgIpc) is 2.87. The van der Waals surface area contributed by atoms with E-state index in [9.17, 15) is 4.79 Å². The van der Waals surface area contributed by atoms with Crippen molar-refractivity contribution >= 4 is 17.3 Å². The van der Waals surface area contributed by atoms with Crippen LogP contribution in [0.25, 0.3) is 0 Å². The molecule has 1 amide bonds. The van der Waals surface area contributed by atoms with E-state index in [0.717, 1.165) is 24.1 Å². The van der Waals surface area contributed by atoms with Crippen LogP contribution < -0.4 is 11.1 Å². The lowest BCUT2D eigenvalue weighted by molar-refractivity contribution is -0.119. The summed E-state index contributed by atoms with van der Waals surface area (Å²) < 4.78 is 0. The van der Waals surface area contributed by atoms with Gasteiger partial charge in [0, 0.05) is 17.3 Å². The molecule has 0 spiro atoms. The molecular weight excluding hydrogens is 248 g/mol. The highest BCUT2D eigenvalue weighted by atomic mass is 16.1. The van der Waals surface area contributed by atoms with Gasteiger partial charge in [0.2, 0.25) is 5.91 Å². The predicted octanol–water partition coefficient (Wildman–Crippen LogP) is 2.93. The first-order valence-corrected chi connectivity index (χ1v) is 6.87. The highest BCUT2D eigenvalue weighted by molar-refractivity contribution is 5.93. The molecule has 3 heteroatoms. The fourth-order valence-corrected chi connectivity index (χ4v) is 2.71. The van der Waals surface area contributed by atoms with Crippen molar-refractivity contribution in [3.05, 3.63) is 59.2 Å². The van der Waals surface area contributed by atoms with Crippen LogP contribution in [-0.2, 0) is 17.6 Å². The third-order valence-corrected chi connectivity index (χ3v) is 3.97. The fraction of sp³-hybridized carbons (Fsp3) is 0.235. The summed E-state index contributed by atoms with van der Waals surface area (Å²) in [5.74, 6) is 0.0966. The number of nitrogens with one attached hydrogen (secondary N) is 1. The van der Waals surface area contributed by atoms with Gasteiger partial charge in [-0.05, 0) is 48.6 Å². The zero-order valence-corrected chi connectivity index (χ0v) is 11.5. The summed E-state index contributed by atoms with van der Waals surface area (Å²) >= 11 is 0. The van der Waals surface area contributed by atoms with Crippen LogP contribution in [0, 0.1) is 12.8 Å². The number of anilines is 2. The largest absolute Gasteiger partial charge is 0.398 e. The third-order valence-electron chi connectivity index (χ3n) is 3.97. The van der Waals surface area contributed by atoms with E-state index in [-0.39, 0.29) is 11.8 Å². The first kappa shape index (κ1) is 12.7.